The molecule has 0 radical (unpaired) electrons. The van der Waals surface area contributed by atoms with Gasteiger partial charge < -0.3 is 9.80 Å². The van der Waals surface area contributed by atoms with Gasteiger partial charge in [-0.3, -0.25) is 4.79 Å². The monoisotopic (exact) mass is 336 g/mol. The number of hydrogen-bond acceptors (Lipinski definition) is 4. The lowest BCUT2D eigenvalue weighted by atomic mass is 9.95. The lowest BCUT2D eigenvalue weighted by molar-refractivity contribution is 0.0733. The van der Waals surface area contributed by atoms with Crippen LogP contribution < -0.4 is 0 Å². The lowest BCUT2D eigenvalue weighted by Gasteiger charge is -2.30. The first-order valence-electron chi connectivity index (χ1n) is 9.08. The summed E-state index contributed by atoms with van der Waals surface area (Å²) in [6, 6.07) is 9.49. The molecule has 5 nitrogen and oxygen atoms in total. The SMILES string of the molecule is CN1CCC(c2ncc3c(n2)CCN(C(=O)c2ccccc2)C3)CC1. The molecule has 1 aromatic carbocycles. The zero-order valence-corrected chi connectivity index (χ0v) is 14.7. The summed E-state index contributed by atoms with van der Waals surface area (Å²) in [6.45, 7) is 3.57. The van der Waals surface area contributed by atoms with Crippen LogP contribution in [0.3, 0.4) is 0 Å². The van der Waals surface area contributed by atoms with E-state index in [1.54, 1.807) is 0 Å². The molecular formula is C20H24N4O. The molecule has 0 aliphatic carbocycles. The van der Waals surface area contributed by atoms with E-state index in [9.17, 15) is 4.79 Å². The fourth-order valence-corrected chi connectivity index (χ4v) is 3.73. The number of hydrogen-bond donors (Lipinski definition) is 0. The molecule has 4 rings (SSSR count). The topological polar surface area (TPSA) is 49.3 Å². The number of fused-ring (bicyclic) bond motifs is 1. The quantitative estimate of drug-likeness (QED) is 0.845. The molecule has 2 aliphatic rings. The summed E-state index contributed by atoms with van der Waals surface area (Å²) in [5.74, 6) is 1.56. The van der Waals surface area contributed by atoms with Crippen molar-refractivity contribution in [2.45, 2.75) is 31.7 Å². The van der Waals surface area contributed by atoms with Gasteiger partial charge in [0.25, 0.3) is 5.91 Å². The van der Waals surface area contributed by atoms with Crippen LogP contribution in [0.4, 0.5) is 0 Å². The van der Waals surface area contributed by atoms with Gasteiger partial charge in [-0.2, -0.15) is 0 Å². The molecule has 130 valence electrons. The summed E-state index contributed by atoms with van der Waals surface area (Å²) < 4.78 is 0. The van der Waals surface area contributed by atoms with E-state index in [2.05, 4.69) is 16.9 Å². The van der Waals surface area contributed by atoms with Crippen molar-refractivity contribution in [2.75, 3.05) is 26.7 Å². The largest absolute Gasteiger partial charge is 0.334 e. The highest BCUT2D eigenvalue weighted by Gasteiger charge is 2.26. The fourth-order valence-electron chi connectivity index (χ4n) is 3.73. The van der Waals surface area contributed by atoms with Crippen molar-refractivity contribution in [1.82, 2.24) is 19.8 Å². The fraction of sp³-hybridized carbons (Fsp3) is 0.450. The Hall–Kier alpha value is -2.27. The van der Waals surface area contributed by atoms with Crippen molar-refractivity contribution in [2.24, 2.45) is 0 Å². The Morgan fingerprint density at radius 1 is 1.12 bits per heavy atom. The minimum absolute atomic E-state index is 0.0886. The Kier molecular flexibility index (Phi) is 4.49. The third kappa shape index (κ3) is 3.42. The third-order valence-corrected chi connectivity index (χ3v) is 5.34. The van der Waals surface area contributed by atoms with E-state index in [1.807, 2.05) is 41.4 Å². The molecule has 0 unspecified atom stereocenters. The van der Waals surface area contributed by atoms with Gasteiger partial charge in [0.05, 0.1) is 5.69 Å². The van der Waals surface area contributed by atoms with Gasteiger partial charge in [-0.25, -0.2) is 9.97 Å². The van der Waals surface area contributed by atoms with Crippen LogP contribution in [0.15, 0.2) is 36.5 Å². The second kappa shape index (κ2) is 6.92. The molecular weight excluding hydrogens is 312 g/mol. The second-order valence-corrected chi connectivity index (χ2v) is 7.12. The summed E-state index contributed by atoms with van der Waals surface area (Å²) in [7, 11) is 2.17. The van der Waals surface area contributed by atoms with E-state index < -0.39 is 0 Å². The van der Waals surface area contributed by atoms with Crippen LogP contribution in [0.25, 0.3) is 0 Å². The maximum Gasteiger partial charge on any atom is 0.254 e. The number of amides is 1. The van der Waals surface area contributed by atoms with Crippen LogP contribution >= 0.6 is 0 Å². The molecule has 0 saturated carbocycles. The molecule has 3 heterocycles. The number of aromatic nitrogens is 2. The maximum absolute atomic E-state index is 12.6. The Balaban J connectivity index is 1.48. The number of carbonyl (C=O) groups excluding carboxylic acids is 1. The second-order valence-electron chi connectivity index (χ2n) is 7.12. The Morgan fingerprint density at radius 2 is 1.88 bits per heavy atom. The molecule has 1 saturated heterocycles. The van der Waals surface area contributed by atoms with Gasteiger partial charge in [-0.1, -0.05) is 18.2 Å². The first-order chi connectivity index (χ1) is 12.2. The Morgan fingerprint density at radius 3 is 2.64 bits per heavy atom. The van der Waals surface area contributed by atoms with Crippen LogP contribution in [-0.4, -0.2) is 52.4 Å². The number of nitrogens with zero attached hydrogens (tertiary/aromatic N) is 4. The molecule has 25 heavy (non-hydrogen) atoms. The first-order valence-corrected chi connectivity index (χ1v) is 9.08. The van der Waals surface area contributed by atoms with Gasteiger partial charge in [0.15, 0.2) is 0 Å². The number of rotatable bonds is 2. The number of carbonyl (C=O) groups is 1. The van der Waals surface area contributed by atoms with E-state index in [4.69, 9.17) is 4.98 Å². The van der Waals surface area contributed by atoms with Crippen molar-refractivity contribution in [3.8, 4) is 0 Å². The smallest absolute Gasteiger partial charge is 0.254 e. The van der Waals surface area contributed by atoms with E-state index in [1.165, 1.54) is 0 Å². The van der Waals surface area contributed by atoms with Crippen molar-refractivity contribution in [3.05, 3.63) is 59.2 Å². The predicted molar refractivity (Wildman–Crippen MR) is 96.4 cm³/mol. The van der Waals surface area contributed by atoms with Gasteiger partial charge in [0.2, 0.25) is 0 Å². The van der Waals surface area contributed by atoms with Gasteiger partial charge in [0, 0.05) is 42.8 Å². The minimum Gasteiger partial charge on any atom is -0.334 e. The highest BCUT2D eigenvalue weighted by atomic mass is 16.2. The average molecular weight is 336 g/mol. The van der Waals surface area contributed by atoms with Gasteiger partial charge in [0.1, 0.15) is 5.82 Å². The molecule has 5 heteroatoms. The summed E-state index contributed by atoms with van der Waals surface area (Å²) >= 11 is 0. The highest BCUT2D eigenvalue weighted by molar-refractivity contribution is 5.94. The number of benzene rings is 1. The van der Waals surface area contributed by atoms with Crippen LogP contribution in [0.2, 0.25) is 0 Å². The normalized spacial score (nSPS) is 18.8. The third-order valence-electron chi connectivity index (χ3n) is 5.34. The van der Waals surface area contributed by atoms with Crippen LogP contribution in [0.1, 0.15) is 46.2 Å². The molecule has 1 amide bonds. The van der Waals surface area contributed by atoms with Crippen LogP contribution in [-0.2, 0) is 13.0 Å². The van der Waals surface area contributed by atoms with Crippen molar-refractivity contribution < 1.29 is 4.79 Å². The van der Waals surface area contributed by atoms with Crippen molar-refractivity contribution in [3.63, 3.8) is 0 Å². The Labute approximate surface area is 148 Å². The van der Waals surface area contributed by atoms with Gasteiger partial charge in [-0.05, 0) is 45.1 Å². The summed E-state index contributed by atoms with van der Waals surface area (Å²) in [5.41, 5.74) is 2.96. The van der Waals surface area contributed by atoms with E-state index in [0.29, 0.717) is 12.5 Å². The maximum atomic E-state index is 12.6. The van der Waals surface area contributed by atoms with Crippen LogP contribution in [0.5, 0.6) is 0 Å². The molecule has 0 N–H and O–H groups in total. The van der Waals surface area contributed by atoms with Crippen molar-refractivity contribution in [1.29, 1.82) is 0 Å². The first kappa shape index (κ1) is 16.2. The number of likely N-dealkylation sites (tertiary alicyclic amines) is 1. The highest BCUT2D eigenvalue weighted by Crippen LogP contribution is 2.27. The van der Waals surface area contributed by atoms with E-state index in [0.717, 1.165) is 61.5 Å². The van der Waals surface area contributed by atoms with E-state index in [-0.39, 0.29) is 5.91 Å². The van der Waals surface area contributed by atoms with Crippen molar-refractivity contribution >= 4 is 5.91 Å². The molecule has 0 bridgehead atoms. The predicted octanol–water partition coefficient (Wildman–Crippen LogP) is 2.48. The molecule has 1 fully saturated rings. The zero-order chi connectivity index (χ0) is 17.2. The van der Waals surface area contributed by atoms with Crippen LogP contribution in [0, 0.1) is 0 Å². The minimum atomic E-state index is 0.0886. The average Bonchev–Trinajstić information content (AvgIpc) is 2.68. The molecule has 1 aromatic heterocycles. The summed E-state index contributed by atoms with van der Waals surface area (Å²) in [6.07, 6.45) is 5.03. The summed E-state index contributed by atoms with van der Waals surface area (Å²) in [4.78, 5) is 26.4. The summed E-state index contributed by atoms with van der Waals surface area (Å²) in [5, 5.41) is 0. The Bertz CT molecular complexity index is 754. The van der Waals surface area contributed by atoms with Gasteiger partial charge in [-0.15, -0.1) is 0 Å². The molecule has 0 atom stereocenters. The van der Waals surface area contributed by atoms with Gasteiger partial charge >= 0.3 is 0 Å². The lowest BCUT2D eigenvalue weighted by Crippen LogP contribution is -2.37. The molecule has 2 aliphatic heterocycles. The number of piperidine rings is 1. The molecule has 2 aromatic rings. The molecule has 0 spiro atoms. The standard InChI is InChI=1S/C20H24N4O/c1-23-10-7-15(8-11-23)19-21-13-17-14-24(12-9-18(17)22-19)20(25)16-5-3-2-4-6-16/h2-6,13,15H,7-12,14H2,1H3. The van der Waals surface area contributed by atoms with E-state index >= 15 is 0 Å². The zero-order valence-electron chi connectivity index (χ0n) is 14.7.